The highest BCUT2D eigenvalue weighted by Crippen LogP contribution is 2.47. The molecule has 2 aliphatic rings. The molecule has 1 unspecified atom stereocenters. The van der Waals surface area contributed by atoms with Crippen molar-refractivity contribution in [1.82, 2.24) is 0 Å². The molecular weight excluding hydrogens is 150 g/mol. The van der Waals surface area contributed by atoms with E-state index in [2.05, 4.69) is 6.07 Å². The van der Waals surface area contributed by atoms with E-state index in [9.17, 15) is 4.79 Å². The first-order chi connectivity index (χ1) is 5.77. The summed E-state index contributed by atoms with van der Waals surface area (Å²) in [5, 5.41) is 9.04. The van der Waals surface area contributed by atoms with E-state index in [0.717, 1.165) is 31.3 Å². The van der Waals surface area contributed by atoms with Gasteiger partial charge < -0.3 is 0 Å². The molecule has 1 atom stereocenters. The maximum absolute atomic E-state index is 11.1. The van der Waals surface area contributed by atoms with Gasteiger partial charge in [0.05, 0.1) is 11.5 Å². The zero-order valence-corrected chi connectivity index (χ0v) is 6.97. The average Bonchev–Trinajstić information content (AvgIpc) is 2.48. The van der Waals surface area contributed by atoms with Crippen LogP contribution in [0.3, 0.4) is 0 Å². The molecule has 0 amide bonds. The third-order valence-electron chi connectivity index (χ3n) is 3.01. The maximum atomic E-state index is 11.1. The fourth-order valence-corrected chi connectivity index (χ4v) is 2.26. The second-order valence-corrected chi connectivity index (χ2v) is 3.68. The first kappa shape index (κ1) is 7.54. The summed E-state index contributed by atoms with van der Waals surface area (Å²) in [6, 6.07) is 2.38. The number of carbonyl (C=O) groups excluding carboxylic acids is 1. The fourth-order valence-electron chi connectivity index (χ4n) is 2.26. The topological polar surface area (TPSA) is 40.9 Å². The first-order valence-electron chi connectivity index (χ1n) is 4.42. The van der Waals surface area contributed by atoms with Gasteiger partial charge in [-0.2, -0.15) is 5.26 Å². The highest BCUT2D eigenvalue weighted by Gasteiger charge is 2.41. The van der Waals surface area contributed by atoms with E-state index in [-0.39, 0.29) is 11.2 Å². The number of fused-ring (bicyclic) bond motifs is 1. The summed E-state index contributed by atoms with van der Waals surface area (Å²) in [4.78, 5) is 11.1. The third-order valence-corrected chi connectivity index (χ3v) is 3.01. The highest BCUT2D eigenvalue weighted by atomic mass is 16.1. The minimum absolute atomic E-state index is 0.206. The van der Waals surface area contributed by atoms with E-state index in [1.54, 1.807) is 6.08 Å². The molecule has 0 aromatic rings. The van der Waals surface area contributed by atoms with Crippen LogP contribution in [0, 0.1) is 16.7 Å². The van der Waals surface area contributed by atoms with Gasteiger partial charge in [0.1, 0.15) is 0 Å². The van der Waals surface area contributed by atoms with Gasteiger partial charge >= 0.3 is 0 Å². The molecule has 0 spiro atoms. The second-order valence-electron chi connectivity index (χ2n) is 3.68. The van der Waals surface area contributed by atoms with Crippen LogP contribution in [0.1, 0.15) is 32.1 Å². The zero-order valence-electron chi connectivity index (χ0n) is 6.97. The molecule has 12 heavy (non-hydrogen) atoms. The summed E-state index contributed by atoms with van der Waals surface area (Å²) in [6.07, 6.45) is 6.03. The minimum atomic E-state index is -0.242. The molecular formula is C10H11NO. The van der Waals surface area contributed by atoms with Crippen molar-refractivity contribution in [2.75, 3.05) is 0 Å². The predicted octanol–water partition coefficient (Wildman–Crippen LogP) is 1.97. The summed E-state index contributed by atoms with van der Waals surface area (Å²) >= 11 is 0. The summed E-state index contributed by atoms with van der Waals surface area (Å²) in [5.41, 5.74) is 0.856. The van der Waals surface area contributed by atoms with E-state index < -0.39 is 0 Å². The minimum Gasteiger partial charge on any atom is -0.295 e. The monoisotopic (exact) mass is 161 g/mol. The van der Waals surface area contributed by atoms with Crippen LogP contribution in [-0.2, 0) is 4.79 Å². The Morgan fingerprint density at radius 1 is 1.42 bits per heavy atom. The van der Waals surface area contributed by atoms with Gasteiger partial charge in [-0.1, -0.05) is 0 Å². The Balaban J connectivity index is 2.41. The van der Waals surface area contributed by atoms with Gasteiger partial charge in [0.25, 0.3) is 0 Å². The average molecular weight is 161 g/mol. The maximum Gasteiger partial charge on any atom is 0.155 e. The van der Waals surface area contributed by atoms with E-state index in [1.807, 2.05) is 0 Å². The lowest BCUT2D eigenvalue weighted by atomic mass is 9.75. The number of allylic oxidation sites excluding steroid dienone is 2. The van der Waals surface area contributed by atoms with Crippen LogP contribution in [0.15, 0.2) is 11.6 Å². The van der Waals surface area contributed by atoms with Gasteiger partial charge in [-0.3, -0.25) is 4.79 Å². The van der Waals surface area contributed by atoms with E-state index in [4.69, 9.17) is 5.26 Å². The Hall–Kier alpha value is -1.10. The van der Waals surface area contributed by atoms with E-state index in [0.29, 0.717) is 6.42 Å². The van der Waals surface area contributed by atoms with Gasteiger partial charge in [0, 0.05) is 6.42 Å². The van der Waals surface area contributed by atoms with Crippen molar-refractivity contribution >= 4 is 5.78 Å². The van der Waals surface area contributed by atoms with Gasteiger partial charge in [0.2, 0.25) is 0 Å². The van der Waals surface area contributed by atoms with E-state index in [1.165, 1.54) is 0 Å². The molecule has 0 aliphatic heterocycles. The molecule has 1 saturated carbocycles. The molecule has 0 N–H and O–H groups in total. The standard InChI is InChI=1S/C10H11NO/c11-7-10-4-1-2-8(10)6-9(12)3-5-10/h6H,1-5H2. The Bertz CT molecular complexity index is 297. The van der Waals surface area contributed by atoms with Crippen molar-refractivity contribution in [1.29, 1.82) is 5.26 Å². The summed E-state index contributed by atoms with van der Waals surface area (Å²) < 4.78 is 0. The number of nitrogens with zero attached hydrogens (tertiary/aromatic N) is 1. The normalized spacial score (nSPS) is 33.9. The van der Waals surface area contributed by atoms with Crippen LogP contribution < -0.4 is 0 Å². The van der Waals surface area contributed by atoms with Crippen LogP contribution in [0.5, 0.6) is 0 Å². The molecule has 0 heterocycles. The van der Waals surface area contributed by atoms with Crippen molar-refractivity contribution in [2.24, 2.45) is 5.41 Å². The SMILES string of the molecule is N#CC12CCCC1=CC(=O)CC2. The highest BCUT2D eigenvalue weighted by molar-refractivity contribution is 5.92. The smallest absolute Gasteiger partial charge is 0.155 e. The molecule has 2 heteroatoms. The Morgan fingerprint density at radius 2 is 2.25 bits per heavy atom. The molecule has 0 bridgehead atoms. The van der Waals surface area contributed by atoms with E-state index >= 15 is 0 Å². The second kappa shape index (κ2) is 2.45. The Morgan fingerprint density at radius 3 is 3.00 bits per heavy atom. The number of nitriles is 1. The third kappa shape index (κ3) is 0.896. The predicted molar refractivity (Wildman–Crippen MR) is 44.2 cm³/mol. The van der Waals surface area contributed by atoms with Crippen molar-refractivity contribution < 1.29 is 4.79 Å². The quantitative estimate of drug-likeness (QED) is 0.545. The summed E-state index contributed by atoms with van der Waals surface area (Å²) in [6.45, 7) is 0. The fraction of sp³-hybridized carbons (Fsp3) is 0.600. The summed E-state index contributed by atoms with van der Waals surface area (Å²) in [5.74, 6) is 0.206. The Kier molecular flexibility index (Phi) is 1.54. The van der Waals surface area contributed by atoms with Crippen molar-refractivity contribution in [3.05, 3.63) is 11.6 Å². The van der Waals surface area contributed by atoms with Gasteiger partial charge in [-0.25, -0.2) is 0 Å². The number of ketones is 1. The van der Waals surface area contributed by atoms with Crippen molar-refractivity contribution in [2.45, 2.75) is 32.1 Å². The lowest BCUT2D eigenvalue weighted by molar-refractivity contribution is -0.115. The molecule has 2 rings (SSSR count). The number of hydrogen-bond acceptors (Lipinski definition) is 2. The molecule has 0 radical (unpaired) electrons. The van der Waals surface area contributed by atoms with Crippen LogP contribution >= 0.6 is 0 Å². The Labute approximate surface area is 71.9 Å². The zero-order chi connectivity index (χ0) is 8.60. The van der Waals surface area contributed by atoms with Crippen LogP contribution in [0.4, 0.5) is 0 Å². The largest absolute Gasteiger partial charge is 0.295 e. The summed E-state index contributed by atoms with van der Waals surface area (Å²) in [7, 11) is 0. The van der Waals surface area contributed by atoms with Gasteiger partial charge in [-0.15, -0.1) is 0 Å². The number of hydrogen-bond donors (Lipinski definition) is 0. The van der Waals surface area contributed by atoms with Crippen LogP contribution in [0.2, 0.25) is 0 Å². The van der Waals surface area contributed by atoms with Gasteiger partial charge in [0.15, 0.2) is 5.78 Å². The molecule has 0 aromatic carbocycles. The lowest BCUT2D eigenvalue weighted by Crippen LogP contribution is -2.22. The molecule has 62 valence electrons. The molecule has 0 saturated heterocycles. The number of rotatable bonds is 0. The molecule has 0 aromatic heterocycles. The lowest BCUT2D eigenvalue weighted by Gasteiger charge is -2.25. The van der Waals surface area contributed by atoms with Crippen LogP contribution in [0.25, 0.3) is 0 Å². The molecule has 2 aliphatic carbocycles. The van der Waals surface area contributed by atoms with Crippen LogP contribution in [-0.4, -0.2) is 5.78 Å². The van der Waals surface area contributed by atoms with Crippen molar-refractivity contribution in [3.8, 4) is 6.07 Å². The van der Waals surface area contributed by atoms with Gasteiger partial charge in [-0.05, 0) is 37.3 Å². The first-order valence-corrected chi connectivity index (χ1v) is 4.42. The molecule has 1 fully saturated rings. The number of carbonyl (C=O) groups is 1. The molecule has 2 nitrogen and oxygen atoms in total. The van der Waals surface area contributed by atoms with Crippen molar-refractivity contribution in [3.63, 3.8) is 0 Å².